The van der Waals surface area contributed by atoms with Gasteiger partial charge in [-0.3, -0.25) is 9.59 Å². The summed E-state index contributed by atoms with van der Waals surface area (Å²) in [5, 5.41) is 2.09. The van der Waals surface area contributed by atoms with Gasteiger partial charge in [0.05, 0.1) is 12.3 Å². The lowest BCUT2D eigenvalue weighted by molar-refractivity contribution is -0.135. The van der Waals surface area contributed by atoms with Crippen LogP contribution in [-0.4, -0.2) is 47.9 Å². The van der Waals surface area contributed by atoms with Gasteiger partial charge in [0.15, 0.2) is 5.76 Å². The van der Waals surface area contributed by atoms with Gasteiger partial charge in [-0.25, -0.2) is 0 Å². The van der Waals surface area contributed by atoms with E-state index in [-0.39, 0.29) is 30.2 Å². The second-order valence-electron chi connectivity index (χ2n) is 9.34. The summed E-state index contributed by atoms with van der Waals surface area (Å²) in [5.41, 5.74) is 3.43. The number of amides is 2. The molecule has 2 aromatic heterocycles. The molecule has 7 heteroatoms. The fourth-order valence-electron chi connectivity index (χ4n) is 4.65. The van der Waals surface area contributed by atoms with Gasteiger partial charge in [0.25, 0.3) is 5.91 Å². The van der Waals surface area contributed by atoms with Crippen LogP contribution in [0.25, 0.3) is 0 Å². The Hall–Kier alpha value is -3.06. The lowest BCUT2D eigenvalue weighted by Gasteiger charge is -2.37. The first-order valence-corrected chi connectivity index (χ1v) is 12.8. The number of nitrogens with zero attached hydrogens (tertiary/aromatic N) is 2. The molecule has 0 spiro atoms. The van der Waals surface area contributed by atoms with E-state index in [2.05, 4.69) is 24.4 Å². The van der Waals surface area contributed by atoms with E-state index < -0.39 is 0 Å². The highest BCUT2D eigenvalue weighted by Gasteiger charge is 2.35. The van der Waals surface area contributed by atoms with Gasteiger partial charge in [-0.1, -0.05) is 17.7 Å². The minimum absolute atomic E-state index is 0.0494. The first kappa shape index (κ1) is 22.7. The van der Waals surface area contributed by atoms with Crippen molar-refractivity contribution in [2.75, 3.05) is 26.2 Å². The van der Waals surface area contributed by atoms with Crippen molar-refractivity contribution in [3.05, 3.63) is 75.4 Å². The van der Waals surface area contributed by atoms with Gasteiger partial charge in [0, 0.05) is 18.0 Å². The largest absolute Gasteiger partial charge is 0.491 e. The van der Waals surface area contributed by atoms with Crippen LogP contribution >= 0.6 is 11.3 Å². The molecule has 1 aliphatic carbocycles. The van der Waals surface area contributed by atoms with Crippen LogP contribution in [0.2, 0.25) is 0 Å². The third-order valence-corrected chi connectivity index (χ3v) is 7.66. The zero-order chi connectivity index (χ0) is 23.7. The molecule has 1 saturated carbocycles. The number of thiophene rings is 1. The molecule has 0 saturated heterocycles. The minimum Gasteiger partial charge on any atom is -0.491 e. The van der Waals surface area contributed by atoms with Gasteiger partial charge in [-0.15, -0.1) is 11.3 Å². The topological polar surface area (TPSA) is 63.0 Å². The highest BCUT2D eigenvalue weighted by Crippen LogP contribution is 2.35. The summed E-state index contributed by atoms with van der Waals surface area (Å²) in [6.45, 7) is 5.75. The summed E-state index contributed by atoms with van der Waals surface area (Å²) >= 11 is 1.73. The maximum Gasteiger partial charge on any atom is 0.290 e. The lowest BCUT2D eigenvalue weighted by Crippen LogP contribution is -2.48. The Kier molecular flexibility index (Phi) is 6.46. The Balaban J connectivity index is 1.34. The van der Waals surface area contributed by atoms with Crippen molar-refractivity contribution in [1.29, 1.82) is 0 Å². The summed E-state index contributed by atoms with van der Waals surface area (Å²) in [5.74, 6) is 1.32. The third-order valence-electron chi connectivity index (χ3n) is 6.66. The van der Waals surface area contributed by atoms with E-state index in [1.807, 2.05) is 24.0 Å². The molecule has 1 atom stereocenters. The zero-order valence-corrected chi connectivity index (χ0v) is 20.5. The second kappa shape index (κ2) is 9.66. The maximum atomic E-state index is 13.6. The number of hydrogen-bond acceptors (Lipinski definition) is 5. The van der Waals surface area contributed by atoms with Crippen molar-refractivity contribution in [1.82, 2.24) is 9.80 Å². The normalized spacial score (nSPS) is 17.4. The fraction of sp³-hybridized carbons (Fsp3) is 0.407. The Morgan fingerprint density at radius 2 is 2.06 bits per heavy atom. The molecule has 2 aliphatic rings. The molecular formula is C27H30N2O4S. The van der Waals surface area contributed by atoms with Crippen LogP contribution in [0.3, 0.4) is 0 Å². The summed E-state index contributed by atoms with van der Waals surface area (Å²) < 4.78 is 11.6. The minimum atomic E-state index is -0.221. The third kappa shape index (κ3) is 4.89. The molecule has 0 unspecified atom stereocenters. The van der Waals surface area contributed by atoms with Gasteiger partial charge in [-0.05, 0) is 79.8 Å². The van der Waals surface area contributed by atoms with Gasteiger partial charge in [0.2, 0.25) is 5.91 Å². The van der Waals surface area contributed by atoms with E-state index in [1.165, 1.54) is 16.7 Å². The Morgan fingerprint density at radius 1 is 1.21 bits per heavy atom. The van der Waals surface area contributed by atoms with Crippen molar-refractivity contribution in [2.24, 2.45) is 5.92 Å². The van der Waals surface area contributed by atoms with Gasteiger partial charge >= 0.3 is 0 Å². The second-order valence-corrected chi connectivity index (χ2v) is 10.3. The van der Waals surface area contributed by atoms with Crippen molar-refractivity contribution in [3.8, 4) is 5.75 Å². The van der Waals surface area contributed by atoms with Crippen molar-refractivity contribution < 1.29 is 18.7 Å². The predicted molar refractivity (Wildman–Crippen MR) is 131 cm³/mol. The van der Waals surface area contributed by atoms with E-state index in [0.29, 0.717) is 25.6 Å². The standard InChI is InChI=1S/C27H30N2O4S/c1-18-5-8-23(19(2)14-18)33-17-22-21-10-13-34-25(21)9-11-29(22)26(30)16-28(15-20-6-7-20)27(31)24-4-3-12-32-24/h3-5,8,10,12-14,20,22H,6-7,9,11,15-17H2,1-2H3/t22-/m0/s1. The molecule has 34 heavy (non-hydrogen) atoms. The monoisotopic (exact) mass is 478 g/mol. The highest BCUT2D eigenvalue weighted by atomic mass is 32.1. The number of ether oxygens (including phenoxy) is 1. The molecule has 0 N–H and O–H groups in total. The maximum absolute atomic E-state index is 13.6. The predicted octanol–water partition coefficient (Wildman–Crippen LogP) is 5.02. The van der Waals surface area contributed by atoms with Crippen LogP contribution in [0.15, 0.2) is 52.5 Å². The van der Waals surface area contributed by atoms with Gasteiger partial charge in [0.1, 0.15) is 18.9 Å². The quantitative estimate of drug-likeness (QED) is 0.456. The van der Waals surface area contributed by atoms with Crippen LogP contribution in [0, 0.1) is 19.8 Å². The summed E-state index contributed by atoms with van der Waals surface area (Å²) in [4.78, 5) is 31.5. The van der Waals surface area contributed by atoms with Crippen LogP contribution < -0.4 is 4.74 Å². The lowest BCUT2D eigenvalue weighted by atomic mass is 10.00. The average Bonchev–Trinajstić information content (AvgIpc) is 3.26. The molecular weight excluding hydrogens is 448 g/mol. The van der Waals surface area contributed by atoms with Crippen LogP contribution in [-0.2, 0) is 11.2 Å². The van der Waals surface area contributed by atoms with E-state index in [0.717, 1.165) is 36.1 Å². The van der Waals surface area contributed by atoms with Crippen molar-refractivity contribution in [2.45, 2.75) is 39.2 Å². The first-order valence-electron chi connectivity index (χ1n) is 11.9. The number of carbonyl (C=O) groups is 2. The highest BCUT2D eigenvalue weighted by molar-refractivity contribution is 7.10. The number of aryl methyl sites for hydroxylation is 2. The molecule has 178 valence electrons. The van der Waals surface area contributed by atoms with Crippen LogP contribution in [0.1, 0.15) is 51.0 Å². The van der Waals surface area contributed by atoms with E-state index in [4.69, 9.17) is 9.15 Å². The summed E-state index contributed by atoms with van der Waals surface area (Å²) in [7, 11) is 0. The van der Waals surface area contributed by atoms with Gasteiger partial charge < -0.3 is 19.0 Å². The van der Waals surface area contributed by atoms with E-state index >= 15 is 0 Å². The van der Waals surface area contributed by atoms with Crippen molar-refractivity contribution in [3.63, 3.8) is 0 Å². The van der Waals surface area contributed by atoms with Crippen LogP contribution in [0.5, 0.6) is 5.75 Å². The van der Waals surface area contributed by atoms with Gasteiger partial charge in [-0.2, -0.15) is 0 Å². The number of hydrogen-bond donors (Lipinski definition) is 0. The molecule has 1 aromatic carbocycles. The van der Waals surface area contributed by atoms with E-state index in [1.54, 1.807) is 28.4 Å². The molecule has 2 amide bonds. The fourth-order valence-corrected chi connectivity index (χ4v) is 5.57. The van der Waals surface area contributed by atoms with E-state index in [9.17, 15) is 9.59 Å². The Bertz CT molecular complexity index is 1170. The zero-order valence-electron chi connectivity index (χ0n) is 19.7. The number of fused-ring (bicyclic) bond motifs is 1. The molecule has 5 rings (SSSR count). The number of carbonyl (C=O) groups excluding carboxylic acids is 2. The molecule has 0 bridgehead atoms. The Labute approximate surface area is 204 Å². The SMILES string of the molecule is Cc1ccc(OC[C@H]2c3ccsc3CCN2C(=O)CN(CC2CC2)C(=O)c2ccco2)c(C)c1. The first-order chi connectivity index (χ1) is 16.5. The summed E-state index contributed by atoms with van der Waals surface area (Å²) in [6.07, 6.45) is 4.52. The number of furan rings is 1. The molecule has 3 heterocycles. The molecule has 1 aliphatic heterocycles. The summed E-state index contributed by atoms with van der Waals surface area (Å²) in [6, 6.07) is 11.4. The number of rotatable bonds is 8. The van der Waals surface area contributed by atoms with Crippen molar-refractivity contribution >= 4 is 23.2 Å². The molecule has 3 aromatic rings. The van der Waals surface area contributed by atoms with Crippen LogP contribution in [0.4, 0.5) is 0 Å². The average molecular weight is 479 g/mol. The smallest absolute Gasteiger partial charge is 0.290 e. The molecule has 0 radical (unpaired) electrons. The molecule has 1 fully saturated rings. The molecule has 6 nitrogen and oxygen atoms in total. The number of benzene rings is 1. The Morgan fingerprint density at radius 3 is 2.79 bits per heavy atom.